The zero-order chi connectivity index (χ0) is 10.7. The quantitative estimate of drug-likeness (QED) is 0.791. The number of carbonyl (C=O) groups is 1. The Kier molecular flexibility index (Phi) is 2.41. The van der Waals surface area contributed by atoms with E-state index in [0.29, 0.717) is 5.82 Å². The van der Waals surface area contributed by atoms with Gasteiger partial charge in [0.05, 0.1) is 0 Å². The molecule has 4 heteroatoms. The number of amides is 1. The number of nitrogens with zero attached hydrogens (tertiary/aromatic N) is 2. The van der Waals surface area contributed by atoms with Crippen molar-refractivity contribution in [1.29, 1.82) is 0 Å². The Morgan fingerprint density at radius 2 is 1.87 bits per heavy atom. The van der Waals surface area contributed by atoms with Crippen LogP contribution in [0.2, 0.25) is 0 Å². The van der Waals surface area contributed by atoms with Gasteiger partial charge in [0.1, 0.15) is 5.69 Å². The summed E-state index contributed by atoms with van der Waals surface area (Å²) in [5, 5.41) is 0. The summed E-state index contributed by atoms with van der Waals surface area (Å²) >= 11 is 0. The minimum atomic E-state index is -0.547. The van der Waals surface area contributed by atoms with E-state index in [0.717, 1.165) is 5.56 Å². The van der Waals surface area contributed by atoms with Crippen molar-refractivity contribution < 1.29 is 4.79 Å². The fourth-order valence-electron chi connectivity index (χ4n) is 1.22. The lowest BCUT2D eigenvalue weighted by molar-refractivity contribution is 0.0995. The van der Waals surface area contributed by atoms with Crippen molar-refractivity contribution in [3.05, 3.63) is 48.3 Å². The number of benzene rings is 1. The molecule has 74 valence electrons. The number of carbonyl (C=O) groups excluding carboxylic acids is 1. The van der Waals surface area contributed by atoms with E-state index in [2.05, 4.69) is 9.97 Å². The van der Waals surface area contributed by atoms with Crippen molar-refractivity contribution >= 4 is 5.91 Å². The van der Waals surface area contributed by atoms with Crippen molar-refractivity contribution in [2.24, 2.45) is 5.73 Å². The Hall–Kier alpha value is -2.23. The van der Waals surface area contributed by atoms with E-state index < -0.39 is 5.91 Å². The molecule has 1 heterocycles. The van der Waals surface area contributed by atoms with Crippen molar-refractivity contribution in [2.75, 3.05) is 0 Å². The van der Waals surface area contributed by atoms with Crippen LogP contribution in [0, 0.1) is 0 Å². The molecule has 0 saturated carbocycles. The smallest absolute Gasteiger partial charge is 0.267 e. The summed E-state index contributed by atoms with van der Waals surface area (Å²) in [6, 6.07) is 10.9. The highest BCUT2D eigenvalue weighted by molar-refractivity contribution is 5.91. The van der Waals surface area contributed by atoms with Crippen LogP contribution in [0.5, 0.6) is 0 Å². The molecule has 1 amide bonds. The first-order valence-corrected chi connectivity index (χ1v) is 4.45. The number of rotatable bonds is 2. The second-order valence-corrected chi connectivity index (χ2v) is 3.00. The third kappa shape index (κ3) is 1.99. The molecular formula is C11H9N3O. The zero-order valence-corrected chi connectivity index (χ0v) is 7.92. The molecule has 0 fully saturated rings. The fraction of sp³-hybridized carbons (Fsp3) is 0. The number of primary amides is 1. The molecule has 0 aliphatic carbocycles. The lowest BCUT2D eigenvalue weighted by Crippen LogP contribution is -2.13. The van der Waals surface area contributed by atoms with Gasteiger partial charge in [0.25, 0.3) is 5.91 Å². The summed E-state index contributed by atoms with van der Waals surface area (Å²) in [5.74, 6) is -0.0403. The topological polar surface area (TPSA) is 68.9 Å². The highest BCUT2D eigenvalue weighted by atomic mass is 16.1. The summed E-state index contributed by atoms with van der Waals surface area (Å²) in [4.78, 5) is 19.0. The molecule has 0 atom stereocenters. The van der Waals surface area contributed by atoms with E-state index in [1.54, 1.807) is 0 Å². The lowest BCUT2D eigenvalue weighted by Gasteiger charge is -2.00. The molecule has 0 radical (unpaired) electrons. The number of hydrogen-bond acceptors (Lipinski definition) is 3. The third-order valence-electron chi connectivity index (χ3n) is 1.94. The van der Waals surface area contributed by atoms with Gasteiger partial charge >= 0.3 is 0 Å². The van der Waals surface area contributed by atoms with Gasteiger partial charge in [-0.1, -0.05) is 30.3 Å². The van der Waals surface area contributed by atoms with Crippen molar-refractivity contribution in [3.8, 4) is 11.4 Å². The fourth-order valence-corrected chi connectivity index (χ4v) is 1.22. The maximum atomic E-state index is 10.9. The molecule has 0 bridgehead atoms. The molecule has 2 rings (SSSR count). The van der Waals surface area contributed by atoms with E-state index in [-0.39, 0.29) is 5.69 Å². The predicted molar refractivity (Wildman–Crippen MR) is 56.0 cm³/mol. The molecule has 1 aromatic heterocycles. The van der Waals surface area contributed by atoms with E-state index in [9.17, 15) is 4.79 Å². The Morgan fingerprint density at radius 3 is 2.53 bits per heavy atom. The molecule has 0 aliphatic heterocycles. The molecule has 2 aromatic rings. The van der Waals surface area contributed by atoms with Crippen LogP contribution in [0.15, 0.2) is 42.6 Å². The molecule has 0 unspecified atom stereocenters. The van der Waals surface area contributed by atoms with Crippen molar-refractivity contribution in [3.63, 3.8) is 0 Å². The van der Waals surface area contributed by atoms with Crippen molar-refractivity contribution in [1.82, 2.24) is 9.97 Å². The molecule has 0 saturated heterocycles. The van der Waals surface area contributed by atoms with E-state index >= 15 is 0 Å². The highest BCUT2D eigenvalue weighted by Crippen LogP contribution is 2.13. The van der Waals surface area contributed by atoms with Gasteiger partial charge in [-0.05, 0) is 6.07 Å². The summed E-state index contributed by atoms with van der Waals surface area (Å²) in [6.45, 7) is 0. The summed E-state index contributed by atoms with van der Waals surface area (Å²) in [5.41, 5.74) is 6.22. The van der Waals surface area contributed by atoms with Crippen LogP contribution in [0.3, 0.4) is 0 Å². The van der Waals surface area contributed by atoms with Gasteiger partial charge in [0.2, 0.25) is 0 Å². The van der Waals surface area contributed by atoms with Crippen molar-refractivity contribution in [2.45, 2.75) is 0 Å². The lowest BCUT2D eigenvalue weighted by atomic mass is 10.2. The number of nitrogens with two attached hydrogens (primary N) is 1. The highest BCUT2D eigenvalue weighted by Gasteiger charge is 2.05. The first-order chi connectivity index (χ1) is 7.27. The Balaban J connectivity index is 2.46. The van der Waals surface area contributed by atoms with Crippen LogP contribution >= 0.6 is 0 Å². The predicted octanol–water partition coefficient (Wildman–Crippen LogP) is 1.24. The van der Waals surface area contributed by atoms with Crippen LogP contribution < -0.4 is 5.73 Å². The second kappa shape index (κ2) is 3.88. The SMILES string of the molecule is NC(=O)c1ccnc(-c2ccccc2)n1. The molecule has 15 heavy (non-hydrogen) atoms. The van der Waals surface area contributed by atoms with Gasteiger partial charge in [-0.3, -0.25) is 4.79 Å². The maximum absolute atomic E-state index is 10.9. The molecule has 0 spiro atoms. The average molecular weight is 199 g/mol. The van der Waals surface area contributed by atoms with Crippen LogP contribution in [-0.2, 0) is 0 Å². The number of aromatic nitrogens is 2. The van der Waals surface area contributed by atoms with Crippen LogP contribution in [-0.4, -0.2) is 15.9 Å². The second-order valence-electron chi connectivity index (χ2n) is 3.00. The zero-order valence-electron chi connectivity index (χ0n) is 7.92. The molecule has 4 nitrogen and oxygen atoms in total. The third-order valence-corrected chi connectivity index (χ3v) is 1.94. The molecule has 1 aromatic carbocycles. The summed E-state index contributed by atoms with van der Waals surface area (Å²) in [7, 11) is 0. The average Bonchev–Trinajstić information content (AvgIpc) is 2.30. The largest absolute Gasteiger partial charge is 0.364 e. The minimum absolute atomic E-state index is 0.226. The minimum Gasteiger partial charge on any atom is -0.364 e. The summed E-state index contributed by atoms with van der Waals surface area (Å²) in [6.07, 6.45) is 1.52. The molecule has 0 aliphatic rings. The monoisotopic (exact) mass is 199 g/mol. The molecule has 2 N–H and O–H groups in total. The van der Waals surface area contributed by atoms with Gasteiger partial charge in [-0.15, -0.1) is 0 Å². The van der Waals surface area contributed by atoms with E-state index in [1.165, 1.54) is 12.3 Å². The van der Waals surface area contributed by atoms with Gasteiger partial charge in [0, 0.05) is 11.8 Å². The summed E-state index contributed by atoms with van der Waals surface area (Å²) < 4.78 is 0. The van der Waals surface area contributed by atoms with E-state index in [1.807, 2.05) is 30.3 Å². The van der Waals surface area contributed by atoms with Crippen LogP contribution in [0.1, 0.15) is 10.5 Å². The van der Waals surface area contributed by atoms with Crippen LogP contribution in [0.4, 0.5) is 0 Å². The van der Waals surface area contributed by atoms with E-state index in [4.69, 9.17) is 5.73 Å². The standard InChI is InChI=1S/C11H9N3O/c12-10(15)9-6-7-13-11(14-9)8-4-2-1-3-5-8/h1-7H,(H2,12,15). The Bertz CT molecular complexity index is 482. The first-order valence-electron chi connectivity index (χ1n) is 4.45. The van der Waals surface area contributed by atoms with Gasteiger partial charge in [-0.25, -0.2) is 9.97 Å². The maximum Gasteiger partial charge on any atom is 0.267 e. The van der Waals surface area contributed by atoms with Crippen LogP contribution in [0.25, 0.3) is 11.4 Å². The normalized spacial score (nSPS) is 9.87. The van der Waals surface area contributed by atoms with Gasteiger partial charge < -0.3 is 5.73 Å². The Labute approximate surface area is 86.8 Å². The number of hydrogen-bond donors (Lipinski definition) is 1. The van der Waals surface area contributed by atoms with Gasteiger partial charge in [-0.2, -0.15) is 0 Å². The first kappa shape index (κ1) is 9.33. The molecular weight excluding hydrogens is 190 g/mol. The Morgan fingerprint density at radius 1 is 1.13 bits per heavy atom. The van der Waals surface area contributed by atoms with Gasteiger partial charge in [0.15, 0.2) is 5.82 Å².